The number of hydrogen-bond acceptors (Lipinski definition) is 4. The summed E-state index contributed by atoms with van der Waals surface area (Å²) in [6.45, 7) is 3.48. The first-order valence-corrected chi connectivity index (χ1v) is 6.09. The number of nitrogens with zero attached hydrogens (tertiary/aromatic N) is 4. The Morgan fingerprint density at radius 2 is 1.75 bits per heavy atom. The van der Waals surface area contributed by atoms with Gasteiger partial charge in [0.2, 0.25) is 0 Å². The molecule has 6 heteroatoms. The number of carboxylic acids is 1. The minimum absolute atomic E-state index is 0.166. The van der Waals surface area contributed by atoms with Crippen LogP contribution in [-0.4, -0.2) is 30.8 Å². The zero-order valence-corrected chi connectivity index (χ0v) is 11.0. The lowest BCUT2D eigenvalue weighted by Crippen LogP contribution is -2.04. The highest BCUT2D eigenvalue weighted by Crippen LogP contribution is 2.17. The summed E-state index contributed by atoms with van der Waals surface area (Å²) in [6, 6.07) is 7.53. The number of fused-ring (bicyclic) bond motifs is 1. The molecule has 1 N–H and O–H groups in total. The van der Waals surface area contributed by atoms with Gasteiger partial charge in [0, 0.05) is 6.20 Å². The molecule has 3 aromatic rings. The van der Waals surface area contributed by atoms with Crippen LogP contribution in [0.1, 0.15) is 21.7 Å². The van der Waals surface area contributed by atoms with Crippen LogP contribution in [0.15, 0.2) is 30.5 Å². The van der Waals surface area contributed by atoms with Gasteiger partial charge in [-0.2, -0.15) is 5.10 Å². The minimum atomic E-state index is -1.000. The lowest BCUT2D eigenvalue weighted by atomic mass is 10.3. The maximum atomic E-state index is 11.1. The zero-order chi connectivity index (χ0) is 14.3. The molecule has 0 bridgehead atoms. The third kappa shape index (κ3) is 1.91. The van der Waals surface area contributed by atoms with Gasteiger partial charge in [0.1, 0.15) is 5.56 Å². The van der Waals surface area contributed by atoms with Crippen LogP contribution in [0.3, 0.4) is 0 Å². The number of benzene rings is 1. The van der Waals surface area contributed by atoms with E-state index in [1.54, 1.807) is 6.92 Å². The summed E-state index contributed by atoms with van der Waals surface area (Å²) < 4.78 is 1.47. The highest BCUT2D eigenvalue weighted by Gasteiger charge is 2.15. The summed E-state index contributed by atoms with van der Waals surface area (Å²) in [5.41, 5.74) is 2.86. The Kier molecular flexibility index (Phi) is 2.71. The normalized spacial score (nSPS) is 10.9. The number of carbonyl (C=O) groups is 1. The van der Waals surface area contributed by atoms with Crippen molar-refractivity contribution in [1.29, 1.82) is 0 Å². The van der Waals surface area contributed by atoms with Gasteiger partial charge in [0.15, 0.2) is 5.82 Å². The molecule has 6 nitrogen and oxygen atoms in total. The average Bonchev–Trinajstić information content (AvgIpc) is 2.80. The predicted molar refractivity (Wildman–Crippen MR) is 73.1 cm³/mol. The Hall–Kier alpha value is -2.76. The summed E-state index contributed by atoms with van der Waals surface area (Å²) in [6.07, 6.45) is 1.46. The standard InChI is InChI=1S/C14H12N4O2/c1-8-10(14(19)20)7-18(17-8)13-9(2)15-11-5-3-4-6-12(11)16-13/h3-7H,1-2H3,(H,19,20). The van der Waals surface area contributed by atoms with Crippen molar-refractivity contribution in [3.05, 3.63) is 47.4 Å². The van der Waals surface area contributed by atoms with Crippen LogP contribution in [0, 0.1) is 13.8 Å². The minimum Gasteiger partial charge on any atom is -0.478 e. The number of hydrogen-bond donors (Lipinski definition) is 1. The van der Waals surface area contributed by atoms with Crippen molar-refractivity contribution in [1.82, 2.24) is 19.7 Å². The first-order valence-electron chi connectivity index (χ1n) is 6.09. The zero-order valence-electron chi connectivity index (χ0n) is 11.0. The van der Waals surface area contributed by atoms with Gasteiger partial charge in [-0.15, -0.1) is 0 Å². The number of rotatable bonds is 2. The van der Waals surface area contributed by atoms with Crippen molar-refractivity contribution in [2.75, 3.05) is 0 Å². The molecule has 100 valence electrons. The van der Waals surface area contributed by atoms with Crippen molar-refractivity contribution in [3.8, 4) is 5.82 Å². The smallest absolute Gasteiger partial charge is 0.339 e. The van der Waals surface area contributed by atoms with E-state index in [2.05, 4.69) is 15.1 Å². The molecule has 0 unspecified atom stereocenters. The van der Waals surface area contributed by atoms with Gasteiger partial charge >= 0.3 is 5.97 Å². The molecule has 3 rings (SSSR count). The molecule has 0 aliphatic rings. The lowest BCUT2D eigenvalue weighted by molar-refractivity contribution is 0.0696. The monoisotopic (exact) mass is 268 g/mol. The molecule has 0 aliphatic heterocycles. The van der Waals surface area contributed by atoms with Crippen molar-refractivity contribution >= 4 is 17.0 Å². The van der Waals surface area contributed by atoms with E-state index in [-0.39, 0.29) is 5.56 Å². The molecule has 0 amide bonds. The first kappa shape index (κ1) is 12.3. The third-order valence-electron chi connectivity index (χ3n) is 3.07. The number of aryl methyl sites for hydroxylation is 2. The maximum absolute atomic E-state index is 11.1. The molecule has 0 radical (unpaired) electrons. The number of carboxylic acid groups (broad SMARTS) is 1. The Balaban J connectivity index is 2.21. The van der Waals surface area contributed by atoms with E-state index >= 15 is 0 Å². The topological polar surface area (TPSA) is 80.9 Å². The molecule has 0 fully saturated rings. The summed E-state index contributed by atoms with van der Waals surface area (Å²) in [5.74, 6) is -0.459. The molecule has 0 spiro atoms. The van der Waals surface area contributed by atoms with Gasteiger partial charge in [-0.25, -0.2) is 19.4 Å². The molecule has 2 heterocycles. The molecule has 1 aromatic carbocycles. The van der Waals surface area contributed by atoms with Crippen molar-refractivity contribution in [2.24, 2.45) is 0 Å². The Bertz CT molecular complexity index is 823. The highest BCUT2D eigenvalue weighted by atomic mass is 16.4. The third-order valence-corrected chi connectivity index (χ3v) is 3.07. The quantitative estimate of drug-likeness (QED) is 0.770. The largest absolute Gasteiger partial charge is 0.478 e. The number of para-hydroxylation sites is 2. The molecule has 0 saturated carbocycles. The van der Waals surface area contributed by atoms with Gasteiger partial charge in [0.25, 0.3) is 0 Å². The second-order valence-electron chi connectivity index (χ2n) is 4.50. The van der Waals surface area contributed by atoms with Crippen molar-refractivity contribution in [2.45, 2.75) is 13.8 Å². The van der Waals surface area contributed by atoms with Crippen LogP contribution in [-0.2, 0) is 0 Å². The second-order valence-corrected chi connectivity index (χ2v) is 4.50. The maximum Gasteiger partial charge on any atom is 0.339 e. The van der Waals surface area contributed by atoms with E-state index < -0.39 is 5.97 Å². The van der Waals surface area contributed by atoms with Crippen molar-refractivity contribution < 1.29 is 9.90 Å². The van der Waals surface area contributed by atoms with Gasteiger partial charge in [-0.1, -0.05) is 12.1 Å². The Labute approximate surface area is 114 Å². The van der Waals surface area contributed by atoms with Gasteiger partial charge < -0.3 is 5.11 Å². The molecule has 0 aliphatic carbocycles. The second kappa shape index (κ2) is 4.41. The molecular weight excluding hydrogens is 256 g/mol. The molecule has 0 saturated heterocycles. The summed E-state index contributed by atoms with van der Waals surface area (Å²) in [5, 5.41) is 13.3. The van der Waals surface area contributed by atoms with Gasteiger partial charge in [-0.05, 0) is 26.0 Å². The highest BCUT2D eigenvalue weighted by molar-refractivity contribution is 5.88. The summed E-state index contributed by atoms with van der Waals surface area (Å²) >= 11 is 0. The van der Waals surface area contributed by atoms with Crippen molar-refractivity contribution in [3.63, 3.8) is 0 Å². The number of aromatic carboxylic acids is 1. The van der Waals surface area contributed by atoms with Gasteiger partial charge in [-0.3, -0.25) is 0 Å². The van der Waals surface area contributed by atoms with E-state index in [1.165, 1.54) is 10.9 Å². The summed E-state index contributed by atoms with van der Waals surface area (Å²) in [7, 11) is 0. The fourth-order valence-corrected chi connectivity index (χ4v) is 2.07. The van der Waals surface area contributed by atoms with E-state index in [9.17, 15) is 4.79 Å². The van der Waals surface area contributed by atoms with E-state index in [1.807, 2.05) is 31.2 Å². The van der Waals surface area contributed by atoms with E-state index in [0.29, 0.717) is 17.2 Å². The van der Waals surface area contributed by atoms with Crippen LogP contribution >= 0.6 is 0 Å². The van der Waals surface area contributed by atoms with Crippen LogP contribution < -0.4 is 0 Å². The average molecular weight is 268 g/mol. The Morgan fingerprint density at radius 3 is 2.35 bits per heavy atom. The van der Waals surface area contributed by atoms with Crippen LogP contribution in [0.2, 0.25) is 0 Å². The lowest BCUT2D eigenvalue weighted by Gasteiger charge is -2.05. The van der Waals surface area contributed by atoms with Gasteiger partial charge in [0.05, 0.1) is 22.4 Å². The molecule has 2 aromatic heterocycles. The van der Waals surface area contributed by atoms with E-state index in [4.69, 9.17) is 5.11 Å². The van der Waals surface area contributed by atoms with Crippen LogP contribution in [0.4, 0.5) is 0 Å². The number of aromatic nitrogens is 4. The predicted octanol–water partition coefficient (Wildman–Crippen LogP) is 2.13. The fraction of sp³-hybridized carbons (Fsp3) is 0.143. The Morgan fingerprint density at radius 1 is 1.10 bits per heavy atom. The van der Waals surface area contributed by atoms with Crippen LogP contribution in [0.5, 0.6) is 0 Å². The van der Waals surface area contributed by atoms with Crippen LogP contribution in [0.25, 0.3) is 16.9 Å². The summed E-state index contributed by atoms with van der Waals surface area (Å²) in [4.78, 5) is 20.0. The molecule has 20 heavy (non-hydrogen) atoms. The first-order chi connectivity index (χ1) is 9.56. The SMILES string of the molecule is Cc1nn(-c2nc3ccccc3nc2C)cc1C(=O)O. The molecular formula is C14H12N4O2. The van der Waals surface area contributed by atoms with E-state index in [0.717, 1.165) is 11.0 Å². The molecule has 0 atom stereocenters. The fourth-order valence-electron chi connectivity index (χ4n) is 2.07.